The van der Waals surface area contributed by atoms with Crippen LogP contribution in [0, 0.1) is 39.5 Å². The second-order valence-corrected chi connectivity index (χ2v) is 9.20. The van der Waals surface area contributed by atoms with Gasteiger partial charge in [0.15, 0.2) is 0 Å². The minimum absolute atomic E-state index is 0.0349. The van der Waals surface area contributed by atoms with Crippen molar-refractivity contribution in [3.8, 4) is 0 Å². The number of carbonyl (C=O) groups excluding carboxylic acids is 2. The molecular weight excluding hydrogens is 454 g/mol. The molecule has 186 valence electrons. The van der Waals surface area contributed by atoms with Gasteiger partial charge in [-0.2, -0.15) is 5.10 Å². The number of amides is 1. The van der Waals surface area contributed by atoms with E-state index in [1.807, 2.05) is 26.0 Å². The summed E-state index contributed by atoms with van der Waals surface area (Å²) < 4.78 is 0. The average Bonchev–Trinajstić information content (AvgIpc) is 2.77. The molecule has 11 heteroatoms. The van der Waals surface area contributed by atoms with Crippen molar-refractivity contribution in [2.75, 3.05) is 10.7 Å². The van der Waals surface area contributed by atoms with Crippen LogP contribution in [0.25, 0.3) is 0 Å². The minimum Gasteiger partial charge on any atom is -0.326 e. The maximum absolute atomic E-state index is 12.6. The number of nitrogens with one attached hydrogen (secondary N) is 2. The van der Waals surface area contributed by atoms with E-state index < -0.39 is 26.6 Å². The van der Waals surface area contributed by atoms with Crippen LogP contribution in [0.1, 0.15) is 51.2 Å². The fraction of sp³-hybridized carbons (Fsp3) is 0.375. The molecule has 0 aliphatic carbocycles. The predicted molar refractivity (Wildman–Crippen MR) is 134 cm³/mol. The molecule has 0 bridgehead atoms. The maximum Gasteiger partial charge on any atom is 0.301 e. The van der Waals surface area contributed by atoms with E-state index in [-0.39, 0.29) is 36.6 Å². The molecule has 2 aromatic rings. The molecule has 0 heterocycles. The van der Waals surface area contributed by atoms with E-state index in [2.05, 4.69) is 15.8 Å². The van der Waals surface area contributed by atoms with Crippen LogP contribution in [0.2, 0.25) is 0 Å². The van der Waals surface area contributed by atoms with Crippen LogP contribution in [0.5, 0.6) is 0 Å². The molecule has 0 unspecified atom stereocenters. The van der Waals surface area contributed by atoms with Gasteiger partial charge in [0, 0.05) is 35.7 Å². The number of rotatable bonds is 10. The number of hydrogen-bond donors (Lipinski definition) is 2. The predicted octanol–water partition coefficient (Wildman–Crippen LogP) is 5.31. The number of carbonyl (C=O) groups is 2. The lowest BCUT2D eigenvalue weighted by Gasteiger charge is -2.17. The number of nitrogens with zero attached hydrogens (tertiary/aromatic N) is 3. The number of nitro benzene ring substituents is 2. The van der Waals surface area contributed by atoms with Crippen LogP contribution < -0.4 is 10.7 Å². The summed E-state index contributed by atoms with van der Waals surface area (Å²) in [6.45, 7) is 9.19. The first-order valence-corrected chi connectivity index (χ1v) is 10.9. The van der Waals surface area contributed by atoms with Gasteiger partial charge in [-0.1, -0.05) is 26.8 Å². The lowest BCUT2D eigenvalue weighted by Crippen LogP contribution is -2.24. The molecule has 2 rings (SSSR count). The van der Waals surface area contributed by atoms with E-state index in [4.69, 9.17) is 0 Å². The number of ketones is 1. The van der Waals surface area contributed by atoms with Crippen LogP contribution in [0.4, 0.5) is 22.7 Å². The normalized spacial score (nSPS) is 11.6. The van der Waals surface area contributed by atoms with Crippen LogP contribution in [0.15, 0.2) is 41.5 Å². The Morgan fingerprint density at radius 2 is 1.63 bits per heavy atom. The highest BCUT2D eigenvalue weighted by Gasteiger charge is 2.24. The van der Waals surface area contributed by atoms with Gasteiger partial charge in [0.05, 0.1) is 15.9 Å². The Labute approximate surface area is 202 Å². The summed E-state index contributed by atoms with van der Waals surface area (Å²) >= 11 is 0. The van der Waals surface area contributed by atoms with Gasteiger partial charge in [0.2, 0.25) is 5.91 Å². The quantitative estimate of drug-likeness (QED) is 0.263. The molecule has 0 aromatic heterocycles. The van der Waals surface area contributed by atoms with E-state index in [0.29, 0.717) is 11.4 Å². The van der Waals surface area contributed by atoms with Crippen molar-refractivity contribution in [3.05, 3.63) is 67.8 Å². The van der Waals surface area contributed by atoms with Crippen molar-refractivity contribution in [2.24, 2.45) is 10.5 Å². The van der Waals surface area contributed by atoms with Crippen LogP contribution in [-0.4, -0.2) is 27.2 Å². The molecule has 0 saturated carbocycles. The van der Waals surface area contributed by atoms with Crippen molar-refractivity contribution in [3.63, 3.8) is 0 Å². The molecule has 0 fully saturated rings. The molecule has 35 heavy (non-hydrogen) atoms. The van der Waals surface area contributed by atoms with Gasteiger partial charge in [-0.25, -0.2) is 0 Å². The molecule has 1 amide bonds. The molecule has 0 saturated heterocycles. The number of hydrazone groups is 1. The highest BCUT2D eigenvalue weighted by atomic mass is 16.6. The first kappa shape index (κ1) is 27.1. The monoisotopic (exact) mass is 483 g/mol. The van der Waals surface area contributed by atoms with E-state index >= 15 is 0 Å². The number of nitro groups is 2. The molecule has 11 nitrogen and oxygen atoms in total. The van der Waals surface area contributed by atoms with Gasteiger partial charge in [-0.15, -0.1) is 0 Å². The summed E-state index contributed by atoms with van der Waals surface area (Å²) in [5, 5.41) is 29.3. The zero-order valence-corrected chi connectivity index (χ0v) is 20.4. The smallest absolute Gasteiger partial charge is 0.301 e. The Morgan fingerprint density at radius 3 is 2.20 bits per heavy atom. The van der Waals surface area contributed by atoms with Gasteiger partial charge >= 0.3 is 5.69 Å². The summed E-state index contributed by atoms with van der Waals surface area (Å²) in [6, 6.07) is 8.68. The third kappa shape index (κ3) is 7.98. The number of hydrogen-bond acceptors (Lipinski definition) is 8. The van der Waals surface area contributed by atoms with E-state index in [0.717, 1.165) is 23.3 Å². The first-order chi connectivity index (χ1) is 16.3. The fourth-order valence-corrected chi connectivity index (χ4v) is 2.95. The van der Waals surface area contributed by atoms with Crippen molar-refractivity contribution >= 4 is 40.2 Å². The standard InChI is InChI=1S/C24H29N5O6/c1-15-6-7-17(12-16(15)2)25-23(31)11-8-18(13-22(30)24(3,4)5)26-27-20-10-9-19(28(32)33)14-21(20)29(34)35/h6-7,9-10,12,14,27H,8,11,13H2,1-5H3,(H,25,31)/b26-18-. The third-order valence-electron chi connectivity index (χ3n) is 5.36. The summed E-state index contributed by atoms with van der Waals surface area (Å²) in [4.78, 5) is 45.9. The maximum atomic E-state index is 12.6. The molecule has 0 aliphatic heterocycles. The molecule has 2 aromatic carbocycles. The topological polar surface area (TPSA) is 157 Å². The summed E-state index contributed by atoms with van der Waals surface area (Å²) in [5.74, 6) is -0.392. The lowest BCUT2D eigenvalue weighted by molar-refractivity contribution is -0.393. The Kier molecular flexibility index (Phi) is 8.76. The fourth-order valence-electron chi connectivity index (χ4n) is 2.95. The third-order valence-corrected chi connectivity index (χ3v) is 5.36. The van der Waals surface area contributed by atoms with E-state index in [1.54, 1.807) is 26.8 Å². The SMILES string of the molecule is Cc1ccc(NC(=O)CC/C(CC(=O)C(C)(C)C)=N/Nc2ccc([N+](=O)[O-])cc2[N+](=O)[O-])cc1C. The summed E-state index contributed by atoms with van der Waals surface area (Å²) in [7, 11) is 0. The van der Waals surface area contributed by atoms with Crippen LogP contribution in [0.3, 0.4) is 0 Å². The van der Waals surface area contributed by atoms with E-state index in [1.165, 1.54) is 6.07 Å². The van der Waals surface area contributed by atoms with Gasteiger partial charge < -0.3 is 5.32 Å². The summed E-state index contributed by atoms with van der Waals surface area (Å²) in [6.07, 6.45) is 0.105. The van der Waals surface area contributed by atoms with Crippen molar-refractivity contribution in [1.82, 2.24) is 0 Å². The Bertz CT molecular complexity index is 1180. The van der Waals surface area contributed by atoms with E-state index in [9.17, 15) is 29.8 Å². The highest BCUT2D eigenvalue weighted by Crippen LogP contribution is 2.29. The second-order valence-electron chi connectivity index (χ2n) is 9.20. The van der Waals surface area contributed by atoms with Crippen molar-refractivity contribution < 1.29 is 19.4 Å². The van der Waals surface area contributed by atoms with Crippen LogP contribution >= 0.6 is 0 Å². The zero-order chi connectivity index (χ0) is 26.3. The second kappa shape index (κ2) is 11.3. The lowest BCUT2D eigenvalue weighted by atomic mass is 9.87. The molecular formula is C24H29N5O6. The molecule has 0 radical (unpaired) electrons. The number of anilines is 2. The van der Waals surface area contributed by atoms with Crippen LogP contribution in [-0.2, 0) is 9.59 Å². The largest absolute Gasteiger partial charge is 0.326 e. The Morgan fingerprint density at radius 1 is 0.943 bits per heavy atom. The summed E-state index contributed by atoms with van der Waals surface area (Å²) in [5.41, 5.74) is 3.98. The average molecular weight is 484 g/mol. The van der Waals surface area contributed by atoms with Gasteiger partial charge in [-0.05, 0) is 49.6 Å². The Hall–Kier alpha value is -4.15. The number of non-ortho nitro benzene ring substituents is 1. The Balaban J connectivity index is 2.21. The van der Waals surface area contributed by atoms with Crippen molar-refractivity contribution in [1.29, 1.82) is 0 Å². The van der Waals surface area contributed by atoms with Gasteiger partial charge in [0.25, 0.3) is 5.69 Å². The number of aryl methyl sites for hydroxylation is 2. The highest BCUT2D eigenvalue weighted by molar-refractivity contribution is 6.05. The van der Waals surface area contributed by atoms with Gasteiger partial charge in [-0.3, -0.25) is 35.2 Å². The first-order valence-electron chi connectivity index (χ1n) is 10.9. The zero-order valence-electron chi connectivity index (χ0n) is 20.4. The number of Topliss-reactive ketones (excluding diaryl/α,β-unsaturated/α-hetero) is 1. The number of benzene rings is 2. The molecule has 0 spiro atoms. The molecule has 0 atom stereocenters. The van der Waals surface area contributed by atoms with Crippen molar-refractivity contribution in [2.45, 2.75) is 53.9 Å². The molecule has 2 N–H and O–H groups in total. The minimum atomic E-state index is -0.762. The van der Waals surface area contributed by atoms with Gasteiger partial charge in [0.1, 0.15) is 11.5 Å². The molecule has 0 aliphatic rings.